The zero-order valence-electron chi connectivity index (χ0n) is 13.9. The van der Waals surface area contributed by atoms with Crippen LogP contribution in [0.1, 0.15) is 46.5 Å². The van der Waals surface area contributed by atoms with E-state index in [-0.39, 0.29) is 23.9 Å². The highest BCUT2D eigenvalue weighted by Crippen LogP contribution is 2.29. The fourth-order valence-electron chi connectivity index (χ4n) is 3.07. The maximum Gasteiger partial charge on any atom is 0.223 e. The number of likely N-dealkylation sites (N-methyl/N-ethyl adjacent to an activating group) is 1. The Hall–Kier alpha value is -0.610. The first kappa shape index (κ1) is 17.4. The molecule has 4 heteroatoms. The van der Waals surface area contributed by atoms with Crippen LogP contribution < -0.4 is 11.1 Å². The molecular formula is C16H33N3O. The van der Waals surface area contributed by atoms with Gasteiger partial charge in [0.25, 0.3) is 0 Å². The lowest BCUT2D eigenvalue weighted by Gasteiger charge is -2.32. The summed E-state index contributed by atoms with van der Waals surface area (Å²) in [4.78, 5) is 14.6. The van der Waals surface area contributed by atoms with Gasteiger partial charge < -0.3 is 16.0 Å². The number of nitrogens with zero attached hydrogens (tertiary/aromatic N) is 1. The van der Waals surface area contributed by atoms with Crippen molar-refractivity contribution in [2.75, 3.05) is 20.6 Å². The summed E-state index contributed by atoms with van der Waals surface area (Å²) in [5.74, 6) is 1.17. The first-order valence-corrected chi connectivity index (χ1v) is 8.02. The average molecular weight is 283 g/mol. The maximum absolute atomic E-state index is 12.5. The summed E-state index contributed by atoms with van der Waals surface area (Å²) in [6.07, 6.45) is 4.41. The Morgan fingerprint density at radius 1 is 1.30 bits per heavy atom. The van der Waals surface area contributed by atoms with Gasteiger partial charge in [0, 0.05) is 24.5 Å². The van der Waals surface area contributed by atoms with Crippen LogP contribution in [0.25, 0.3) is 0 Å². The largest absolute Gasteiger partial charge is 0.352 e. The summed E-state index contributed by atoms with van der Waals surface area (Å²) in [7, 11) is 4.09. The fourth-order valence-corrected chi connectivity index (χ4v) is 3.07. The van der Waals surface area contributed by atoms with Crippen molar-refractivity contribution >= 4 is 5.91 Å². The third-order valence-electron chi connectivity index (χ3n) is 4.57. The number of hydrogen-bond donors (Lipinski definition) is 2. The Morgan fingerprint density at radius 3 is 2.45 bits per heavy atom. The Bertz CT molecular complexity index is 304. The second kappa shape index (κ2) is 7.99. The molecule has 0 aromatic carbocycles. The van der Waals surface area contributed by atoms with Crippen molar-refractivity contribution in [2.45, 2.75) is 58.5 Å². The van der Waals surface area contributed by atoms with Crippen LogP contribution in [-0.4, -0.2) is 43.5 Å². The minimum Gasteiger partial charge on any atom is -0.352 e. The van der Waals surface area contributed by atoms with Crippen LogP contribution in [0.4, 0.5) is 0 Å². The molecule has 4 nitrogen and oxygen atoms in total. The fraction of sp³-hybridized carbons (Fsp3) is 0.938. The third kappa shape index (κ3) is 5.41. The van der Waals surface area contributed by atoms with Crippen LogP contribution in [0.5, 0.6) is 0 Å². The molecule has 1 rings (SSSR count). The van der Waals surface area contributed by atoms with Crippen LogP contribution in [0.3, 0.4) is 0 Å². The Morgan fingerprint density at radius 2 is 1.95 bits per heavy atom. The van der Waals surface area contributed by atoms with Gasteiger partial charge in [0.15, 0.2) is 0 Å². The summed E-state index contributed by atoms with van der Waals surface area (Å²) in [5, 5.41) is 3.24. The average Bonchev–Trinajstić information content (AvgIpc) is 2.36. The molecule has 0 saturated heterocycles. The third-order valence-corrected chi connectivity index (χ3v) is 4.57. The summed E-state index contributed by atoms with van der Waals surface area (Å²) in [6, 6.07) is 0.504. The van der Waals surface area contributed by atoms with Gasteiger partial charge in [-0.05, 0) is 45.2 Å². The van der Waals surface area contributed by atoms with Crippen LogP contribution in [0, 0.1) is 17.8 Å². The Kier molecular flexibility index (Phi) is 6.96. The molecule has 4 atom stereocenters. The number of nitrogens with two attached hydrogens (primary N) is 1. The van der Waals surface area contributed by atoms with Crippen molar-refractivity contribution in [2.24, 2.45) is 23.5 Å². The lowest BCUT2D eigenvalue weighted by molar-refractivity contribution is -0.127. The standard InChI is InChI=1S/C16H33N3O/c1-11(2)15(10-19(4)5)18-16(20)12(3)13-7-6-8-14(17)9-13/h11-15H,6-10,17H2,1-5H3,(H,18,20). The van der Waals surface area contributed by atoms with Gasteiger partial charge in [0.1, 0.15) is 0 Å². The smallest absolute Gasteiger partial charge is 0.223 e. The quantitative estimate of drug-likeness (QED) is 0.782. The minimum atomic E-state index is 0.0739. The topological polar surface area (TPSA) is 58.4 Å². The molecule has 1 aliphatic rings. The Balaban J connectivity index is 2.54. The number of carbonyl (C=O) groups excluding carboxylic acids is 1. The molecule has 0 aliphatic heterocycles. The molecule has 0 bridgehead atoms. The molecule has 1 saturated carbocycles. The van der Waals surface area contributed by atoms with E-state index in [9.17, 15) is 4.79 Å². The molecule has 0 spiro atoms. The molecule has 118 valence electrons. The molecule has 4 unspecified atom stereocenters. The van der Waals surface area contributed by atoms with Crippen LogP contribution in [0.15, 0.2) is 0 Å². The molecule has 3 N–H and O–H groups in total. The molecule has 0 aromatic heterocycles. The van der Waals surface area contributed by atoms with Crippen molar-refractivity contribution in [3.05, 3.63) is 0 Å². The van der Waals surface area contributed by atoms with Gasteiger partial charge in [0.2, 0.25) is 5.91 Å². The van der Waals surface area contributed by atoms with E-state index in [0.29, 0.717) is 11.8 Å². The molecule has 0 heterocycles. The summed E-state index contributed by atoms with van der Waals surface area (Å²) in [5.41, 5.74) is 6.04. The first-order chi connectivity index (χ1) is 9.31. The zero-order valence-corrected chi connectivity index (χ0v) is 13.9. The van der Waals surface area contributed by atoms with Crippen molar-refractivity contribution in [3.8, 4) is 0 Å². The summed E-state index contributed by atoms with van der Waals surface area (Å²) < 4.78 is 0. The number of amides is 1. The van der Waals surface area contributed by atoms with Gasteiger partial charge in [0.05, 0.1) is 0 Å². The lowest BCUT2D eigenvalue weighted by Crippen LogP contribution is -2.48. The van der Waals surface area contributed by atoms with Gasteiger partial charge in [-0.2, -0.15) is 0 Å². The lowest BCUT2D eigenvalue weighted by atomic mass is 9.78. The van der Waals surface area contributed by atoms with E-state index in [1.807, 2.05) is 14.1 Å². The van der Waals surface area contributed by atoms with Crippen LogP contribution in [0.2, 0.25) is 0 Å². The number of rotatable bonds is 6. The predicted molar refractivity (Wildman–Crippen MR) is 84.4 cm³/mol. The van der Waals surface area contributed by atoms with E-state index in [0.717, 1.165) is 32.2 Å². The first-order valence-electron chi connectivity index (χ1n) is 8.02. The van der Waals surface area contributed by atoms with Crippen LogP contribution >= 0.6 is 0 Å². The molecule has 0 radical (unpaired) electrons. The molecule has 1 aliphatic carbocycles. The number of carbonyl (C=O) groups is 1. The zero-order chi connectivity index (χ0) is 15.3. The van der Waals surface area contributed by atoms with Crippen molar-refractivity contribution in [1.82, 2.24) is 10.2 Å². The van der Waals surface area contributed by atoms with E-state index < -0.39 is 0 Å². The molecule has 20 heavy (non-hydrogen) atoms. The van der Waals surface area contributed by atoms with E-state index in [1.54, 1.807) is 0 Å². The van der Waals surface area contributed by atoms with E-state index in [1.165, 1.54) is 0 Å². The van der Waals surface area contributed by atoms with E-state index in [2.05, 4.69) is 31.0 Å². The second-order valence-electron chi connectivity index (χ2n) is 7.10. The summed E-state index contributed by atoms with van der Waals surface area (Å²) >= 11 is 0. The molecular weight excluding hydrogens is 250 g/mol. The van der Waals surface area contributed by atoms with Crippen molar-refractivity contribution in [3.63, 3.8) is 0 Å². The van der Waals surface area contributed by atoms with Gasteiger partial charge >= 0.3 is 0 Å². The summed E-state index contributed by atoms with van der Waals surface area (Å²) in [6.45, 7) is 7.27. The molecule has 1 fully saturated rings. The highest BCUT2D eigenvalue weighted by Gasteiger charge is 2.30. The van der Waals surface area contributed by atoms with E-state index >= 15 is 0 Å². The van der Waals surface area contributed by atoms with Crippen LogP contribution in [-0.2, 0) is 4.79 Å². The number of nitrogens with one attached hydrogen (secondary N) is 1. The molecule has 1 amide bonds. The second-order valence-corrected chi connectivity index (χ2v) is 7.10. The highest BCUT2D eigenvalue weighted by molar-refractivity contribution is 5.79. The predicted octanol–water partition coefficient (Wildman–Crippen LogP) is 1.84. The van der Waals surface area contributed by atoms with Gasteiger partial charge in [-0.3, -0.25) is 4.79 Å². The van der Waals surface area contributed by atoms with E-state index in [4.69, 9.17) is 5.73 Å². The van der Waals surface area contributed by atoms with Gasteiger partial charge in [-0.25, -0.2) is 0 Å². The Labute approximate surface area is 124 Å². The highest BCUT2D eigenvalue weighted by atomic mass is 16.1. The van der Waals surface area contributed by atoms with Crippen molar-refractivity contribution in [1.29, 1.82) is 0 Å². The van der Waals surface area contributed by atoms with Crippen molar-refractivity contribution < 1.29 is 4.79 Å². The normalized spacial score (nSPS) is 26.6. The maximum atomic E-state index is 12.5. The van der Waals surface area contributed by atoms with Gasteiger partial charge in [-0.15, -0.1) is 0 Å². The number of hydrogen-bond acceptors (Lipinski definition) is 3. The molecule has 0 aromatic rings. The minimum absolute atomic E-state index is 0.0739. The SMILES string of the molecule is CC(C)C(CN(C)C)NC(=O)C(C)C1CCCC(N)C1. The van der Waals surface area contributed by atoms with Gasteiger partial charge in [-0.1, -0.05) is 27.2 Å². The monoisotopic (exact) mass is 283 g/mol.